The molecule has 3 aliphatic rings. The quantitative estimate of drug-likeness (QED) is 0.715. The smallest absolute Gasteiger partial charge is 0.175 e. The van der Waals surface area contributed by atoms with E-state index in [1.54, 1.807) is 6.20 Å². The van der Waals surface area contributed by atoms with Crippen LogP contribution in [0.2, 0.25) is 0 Å². The molecule has 0 aromatic heterocycles. The van der Waals surface area contributed by atoms with E-state index in [2.05, 4.69) is 10.3 Å². The highest BCUT2D eigenvalue weighted by atomic mass is 16.5. The van der Waals surface area contributed by atoms with Gasteiger partial charge in [0.1, 0.15) is 0 Å². The highest BCUT2D eigenvalue weighted by molar-refractivity contribution is 5.63. The van der Waals surface area contributed by atoms with Crippen molar-refractivity contribution in [2.45, 2.75) is 18.8 Å². The third-order valence-corrected chi connectivity index (χ3v) is 3.32. The Morgan fingerprint density at radius 3 is 3.25 bits per heavy atom. The van der Waals surface area contributed by atoms with Gasteiger partial charge in [-0.3, -0.25) is 0 Å². The molecule has 0 bridgehead atoms. The van der Waals surface area contributed by atoms with Crippen LogP contribution in [-0.2, 0) is 0 Å². The maximum absolute atomic E-state index is 9.62. The Balaban J connectivity index is 2.00. The summed E-state index contributed by atoms with van der Waals surface area (Å²) in [6.07, 6.45) is 5.92. The van der Waals surface area contributed by atoms with Gasteiger partial charge in [0.25, 0.3) is 0 Å². The molecule has 0 saturated carbocycles. The highest BCUT2D eigenvalue weighted by Crippen LogP contribution is 2.33. The lowest BCUT2D eigenvalue weighted by atomic mass is 9.90. The summed E-state index contributed by atoms with van der Waals surface area (Å²) in [4.78, 5) is 4.28. The van der Waals surface area contributed by atoms with E-state index < -0.39 is 0 Å². The Bertz CT molecular complexity index is 460. The molecule has 1 atom stereocenters. The molecule has 1 saturated heterocycles. The summed E-state index contributed by atoms with van der Waals surface area (Å²) in [7, 11) is 0. The molecule has 16 heavy (non-hydrogen) atoms. The Morgan fingerprint density at radius 1 is 1.50 bits per heavy atom. The summed E-state index contributed by atoms with van der Waals surface area (Å²) < 4.78 is 1.09. The average Bonchev–Trinajstić information content (AvgIpc) is 2.75. The van der Waals surface area contributed by atoms with E-state index in [1.165, 1.54) is 18.4 Å². The van der Waals surface area contributed by atoms with Crippen LogP contribution in [0.5, 0.6) is 0 Å². The van der Waals surface area contributed by atoms with E-state index in [9.17, 15) is 5.21 Å². The van der Waals surface area contributed by atoms with Crippen LogP contribution in [0.3, 0.4) is 0 Å². The van der Waals surface area contributed by atoms with Gasteiger partial charge in [0.05, 0.1) is 0 Å². The van der Waals surface area contributed by atoms with Crippen LogP contribution in [0, 0.1) is 0 Å². The number of hydrogen-bond donors (Lipinski definition) is 2. The number of fused-ring (bicyclic) bond motifs is 1. The van der Waals surface area contributed by atoms with Crippen LogP contribution in [0.25, 0.3) is 11.4 Å². The van der Waals surface area contributed by atoms with Gasteiger partial charge in [0, 0.05) is 24.5 Å². The summed E-state index contributed by atoms with van der Waals surface area (Å²) in [5, 5.41) is 13.0. The monoisotopic (exact) mass is 217 g/mol. The van der Waals surface area contributed by atoms with E-state index in [4.69, 9.17) is 0 Å². The van der Waals surface area contributed by atoms with Gasteiger partial charge in [0.15, 0.2) is 5.82 Å². The molecule has 0 aromatic carbocycles. The predicted molar refractivity (Wildman–Crippen MR) is 60.9 cm³/mol. The van der Waals surface area contributed by atoms with E-state index in [1.807, 2.05) is 18.3 Å². The van der Waals surface area contributed by atoms with Crippen molar-refractivity contribution >= 4 is 0 Å². The van der Waals surface area contributed by atoms with E-state index >= 15 is 0 Å². The van der Waals surface area contributed by atoms with Crippen LogP contribution >= 0.6 is 0 Å². The van der Waals surface area contributed by atoms with Crippen molar-refractivity contribution in [2.24, 2.45) is 0 Å². The van der Waals surface area contributed by atoms with Gasteiger partial charge in [-0.25, -0.2) is 4.98 Å². The van der Waals surface area contributed by atoms with E-state index in [-0.39, 0.29) is 0 Å². The van der Waals surface area contributed by atoms with Gasteiger partial charge in [0.2, 0.25) is 0 Å². The Kier molecular flexibility index (Phi) is 2.29. The summed E-state index contributed by atoms with van der Waals surface area (Å²) in [6, 6.07) is 3.88. The number of pyridine rings is 1. The molecule has 4 heteroatoms. The Labute approximate surface area is 94.2 Å². The molecule has 1 fully saturated rings. The fourth-order valence-electron chi connectivity index (χ4n) is 2.49. The van der Waals surface area contributed by atoms with Gasteiger partial charge in [-0.15, -0.1) is 0 Å². The molecule has 0 aliphatic carbocycles. The predicted octanol–water partition coefficient (Wildman–Crippen LogP) is 1.69. The Morgan fingerprint density at radius 2 is 2.44 bits per heavy atom. The first-order valence-corrected chi connectivity index (χ1v) is 5.72. The second-order valence-electron chi connectivity index (χ2n) is 4.35. The average molecular weight is 217 g/mol. The van der Waals surface area contributed by atoms with Crippen molar-refractivity contribution < 1.29 is 5.21 Å². The molecule has 84 valence electrons. The fraction of sp³-hybridized carbons (Fsp3) is 0.417. The first kappa shape index (κ1) is 9.66. The molecular formula is C12H15N3O. The van der Waals surface area contributed by atoms with Crippen LogP contribution in [0.15, 0.2) is 24.5 Å². The maximum Gasteiger partial charge on any atom is 0.175 e. The number of nitrogens with one attached hydrogen (secondary N) is 1. The maximum atomic E-state index is 9.62. The van der Waals surface area contributed by atoms with E-state index in [0.29, 0.717) is 11.7 Å². The molecule has 3 aliphatic heterocycles. The number of hydrogen-bond acceptors (Lipinski definition) is 3. The molecule has 0 radical (unpaired) electrons. The van der Waals surface area contributed by atoms with Gasteiger partial charge < -0.3 is 10.5 Å². The minimum absolute atomic E-state index is 0.529. The minimum atomic E-state index is 0.529. The summed E-state index contributed by atoms with van der Waals surface area (Å²) in [5.74, 6) is 1.18. The van der Waals surface area contributed by atoms with Gasteiger partial charge in [-0.05, 0) is 43.0 Å². The molecule has 0 amide bonds. The van der Waals surface area contributed by atoms with Gasteiger partial charge >= 0.3 is 0 Å². The third kappa shape index (κ3) is 1.46. The molecule has 3 heterocycles. The van der Waals surface area contributed by atoms with Crippen LogP contribution in [-0.4, -0.2) is 28.0 Å². The molecule has 2 N–H and O–H groups in total. The zero-order chi connectivity index (χ0) is 11.0. The first-order valence-electron chi connectivity index (χ1n) is 5.72. The number of nitrogens with zero attached hydrogens (tertiary/aromatic N) is 2. The topological polar surface area (TPSA) is 50.1 Å². The summed E-state index contributed by atoms with van der Waals surface area (Å²) in [6.45, 7) is 2.13. The number of aromatic nitrogens is 2. The van der Waals surface area contributed by atoms with Crippen molar-refractivity contribution in [1.29, 1.82) is 0 Å². The minimum Gasteiger partial charge on any atom is -0.427 e. The van der Waals surface area contributed by atoms with Gasteiger partial charge in [-0.1, -0.05) is 0 Å². The SMILES string of the molecule is On1cccc2c(C3CCCNC3)cnc1-2. The zero-order valence-electron chi connectivity index (χ0n) is 9.06. The van der Waals surface area contributed by atoms with Crippen molar-refractivity contribution in [1.82, 2.24) is 15.0 Å². The lowest BCUT2D eigenvalue weighted by molar-refractivity contribution is 0.186. The number of piperidine rings is 1. The lowest BCUT2D eigenvalue weighted by Crippen LogP contribution is -2.28. The lowest BCUT2D eigenvalue weighted by Gasteiger charge is -2.22. The van der Waals surface area contributed by atoms with Crippen molar-refractivity contribution in [3.63, 3.8) is 0 Å². The van der Waals surface area contributed by atoms with Crippen LogP contribution in [0.1, 0.15) is 24.3 Å². The first-order chi connectivity index (χ1) is 7.86. The normalized spacial score (nSPS) is 21.4. The van der Waals surface area contributed by atoms with Crippen molar-refractivity contribution in [3.8, 4) is 11.4 Å². The molecule has 0 aromatic rings. The summed E-state index contributed by atoms with van der Waals surface area (Å²) >= 11 is 0. The molecule has 4 nitrogen and oxygen atoms in total. The van der Waals surface area contributed by atoms with Crippen molar-refractivity contribution in [3.05, 3.63) is 30.1 Å². The van der Waals surface area contributed by atoms with Gasteiger partial charge in [-0.2, -0.15) is 4.73 Å². The highest BCUT2D eigenvalue weighted by Gasteiger charge is 2.22. The molecular weight excluding hydrogens is 202 g/mol. The number of rotatable bonds is 1. The largest absolute Gasteiger partial charge is 0.427 e. The second-order valence-corrected chi connectivity index (χ2v) is 4.35. The van der Waals surface area contributed by atoms with Crippen molar-refractivity contribution in [2.75, 3.05) is 13.1 Å². The van der Waals surface area contributed by atoms with Crippen LogP contribution < -0.4 is 5.32 Å². The molecule has 0 spiro atoms. The van der Waals surface area contributed by atoms with Crippen LogP contribution in [0.4, 0.5) is 0 Å². The molecule has 1 unspecified atom stereocenters. The second kappa shape index (κ2) is 3.79. The fourth-order valence-corrected chi connectivity index (χ4v) is 2.49. The zero-order valence-corrected chi connectivity index (χ0v) is 9.06. The third-order valence-electron chi connectivity index (χ3n) is 3.32. The standard InChI is InChI=1S/C12H15N3O/c16-15-6-2-4-10-11(8-14-12(10)15)9-3-1-5-13-7-9/h2,4,6,8-9,13,16H,1,3,5,7H2. The van der Waals surface area contributed by atoms with E-state index in [0.717, 1.165) is 23.4 Å². The Hall–Kier alpha value is -1.55. The summed E-state index contributed by atoms with van der Waals surface area (Å²) in [5.41, 5.74) is 2.32. The molecule has 3 rings (SSSR count).